The molecule has 0 spiro atoms. The van der Waals surface area contributed by atoms with E-state index in [9.17, 15) is 9.59 Å². The van der Waals surface area contributed by atoms with E-state index in [0.717, 1.165) is 29.3 Å². The molecule has 2 aromatic rings. The predicted octanol–water partition coefficient (Wildman–Crippen LogP) is 2.41. The number of rotatable bonds is 4. The fraction of sp³-hybridized carbons (Fsp3) is 0.474. The van der Waals surface area contributed by atoms with Gasteiger partial charge in [-0.1, -0.05) is 18.2 Å². The number of benzene rings is 1. The van der Waals surface area contributed by atoms with Crippen LogP contribution < -0.4 is 10.6 Å². The highest BCUT2D eigenvalue weighted by atomic mass is 16.2. The fourth-order valence-corrected chi connectivity index (χ4v) is 3.29. The van der Waals surface area contributed by atoms with Gasteiger partial charge in [0.05, 0.1) is 6.42 Å². The molecule has 1 aromatic carbocycles. The van der Waals surface area contributed by atoms with Crippen molar-refractivity contribution < 1.29 is 9.59 Å². The summed E-state index contributed by atoms with van der Waals surface area (Å²) in [7, 11) is 0. The molecule has 1 aromatic heterocycles. The number of piperidine rings is 1. The average Bonchev–Trinajstić information content (AvgIpc) is 2.98. The highest BCUT2D eigenvalue weighted by Gasteiger charge is 2.24. The average molecular weight is 342 g/mol. The summed E-state index contributed by atoms with van der Waals surface area (Å²) in [4.78, 5) is 29.4. The molecule has 0 saturated carbocycles. The maximum atomic E-state index is 12.4. The van der Waals surface area contributed by atoms with Gasteiger partial charge in [0.2, 0.25) is 5.91 Å². The topological polar surface area (TPSA) is 77.2 Å². The number of aromatic nitrogens is 1. The summed E-state index contributed by atoms with van der Waals surface area (Å²) < 4.78 is 0. The summed E-state index contributed by atoms with van der Waals surface area (Å²) in [6, 6.07) is 8.26. The van der Waals surface area contributed by atoms with E-state index in [1.807, 2.05) is 49.2 Å². The van der Waals surface area contributed by atoms with Crippen molar-refractivity contribution in [1.29, 1.82) is 0 Å². The minimum atomic E-state index is -0.0152. The van der Waals surface area contributed by atoms with E-state index in [0.29, 0.717) is 19.5 Å². The first-order valence-electron chi connectivity index (χ1n) is 8.92. The van der Waals surface area contributed by atoms with Crippen molar-refractivity contribution in [3.8, 4) is 0 Å². The first-order chi connectivity index (χ1) is 12.0. The third-order valence-corrected chi connectivity index (χ3v) is 4.59. The smallest absolute Gasteiger partial charge is 0.317 e. The van der Waals surface area contributed by atoms with Gasteiger partial charge in [0.1, 0.15) is 0 Å². The van der Waals surface area contributed by atoms with Gasteiger partial charge in [-0.15, -0.1) is 0 Å². The molecule has 2 heterocycles. The van der Waals surface area contributed by atoms with Gasteiger partial charge < -0.3 is 20.5 Å². The molecule has 1 aliphatic heterocycles. The standard InChI is InChI=1S/C19H26N4O2/c1-13(2)21-19(25)23-9-7-15(8-10-23)22-18(24)11-14-12-20-17-6-4-3-5-16(14)17/h3-6,12-13,15,20H,7-11H2,1-2H3,(H,21,25)(H,22,24). The molecule has 0 atom stereocenters. The van der Waals surface area contributed by atoms with Gasteiger partial charge in [0.15, 0.2) is 0 Å². The quantitative estimate of drug-likeness (QED) is 0.798. The van der Waals surface area contributed by atoms with Crippen molar-refractivity contribution in [3.63, 3.8) is 0 Å². The van der Waals surface area contributed by atoms with Crippen molar-refractivity contribution in [2.24, 2.45) is 0 Å². The van der Waals surface area contributed by atoms with E-state index in [4.69, 9.17) is 0 Å². The van der Waals surface area contributed by atoms with Gasteiger partial charge >= 0.3 is 6.03 Å². The molecular weight excluding hydrogens is 316 g/mol. The zero-order valence-corrected chi connectivity index (χ0v) is 14.8. The lowest BCUT2D eigenvalue weighted by atomic mass is 10.0. The molecule has 0 aliphatic carbocycles. The first kappa shape index (κ1) is 17.3. The minimum Gasteiger partial charge on any atom is -0.361 e. The van der Waals surface area contributed by atoms with E-state index in [2.05, 4.69) is 15.6 Å². The lowest BCUT2D eigenvalue weighted by molar-refractivity contribution is -0.121. The zero-order valence-electron chi connectivity index (χ0n) is 14.8. The molecule has 0 radical (unpaired) electrons. The molecule has 6 nitrogen and oxygen atoms in total. The van der Waals surface area contributed by atoms with Crippen LogP contribution in [-0.4, -0.2) is 47.0 Å². The number of para-hydroxylation sites is 1. The molecule has 25 heavy (non-hydrogen) atoms. The van der Waals surface area contributed by atoms with E-state index in [-0.39, 0.29) is 24.0 Å². The van der Waals surface area contributed by atoms with E-state index >= 15 is 0 Å². The number of aromatic amines is 1. The van der Waals surface area contributed by atoms with Crippen LogP contribution in [0.5, 0.6) is 0 Å². The van der Waals surface area contributed by atoms with Crippen LogP contribution in [0.1, 0.15) is 32.3 Å². The van der Waals surface area contributed by atoms with Crippen LogP contribution >= 0.6 is 0 Å². The van der Waals surface area contributed by atoms with Gasteiger partial charge in [-0.25, -0.2) is 4.79 Å². The second-order valence-electron chi connectivity index (χ2n) is 6.97. The molecule has 6 heteroatoms. The highest BCUT2D eigenvalue weighted by Crippen LogP contribution is 2.18. The zero-order chi connectivity index (χ0) is 17.8. The van der Waals surface area contributed by atoms with Crippen molar-refractivity contribution in [2.75, 3.05) is 13.1 Å². The van der Waals surface area contributed by atoms with Crippen LogP contribution in [0.25, 0.3) is 10.9 Å². The Kier molecular flexibility index (Phi) is 5.26. The molecule has 0 unspecified atom stereocenters. The Bertz CT molecular complexity index is 745. The Balaban J connectivity index is 1.49. The Morgan fingerprint density at radius 3 is 2.68 bits per heavy atom. The number of carbonyl (C=O) groups is 2. The number of H-pyrrole nitrogens is 1. The summed E-state index contributed by atoms with van der Waals surface area (Å²) in [6.07, 6.45) is 3.87. The molecule has 1 aliphatic rings. The van der Waals surface area contributed by atoms with E-state index in [1.54, 1.807) is 0 Å². The Labute approximate surface area is 148 Å². The van der Waals surface area contributed by atoms with Crippen LogP contribution in [0.3, 0.4) is 0 Å². The fourth-order valence-electron chi connectivity index (χ4n) is 3.29. The first-order valence-corrected chi connectivity index (χ1v) is 8.92. The maximum Gasteiger partial charge on any atom is 0.317 e. The second kappa shape index (κ2) is 7.59. The molecular formula is C19H26N4O2. The van der Waals surface area contributed by atoms with E-state index < -0.39 is 0 Å². The van der Waals surface area contributed by atoms with Crippen molar-refractivity contribution >= 4 is 22.8 Å². The van der Waals surface area contributed by atoms with Gasteiger partial charge in [0.25, 0.3) is 0 Å². The number of fused-ring (bicyclic) bond motifs is 1. The van der Waals surface area contributed by atoms with Crippen LogP contribution in [-0.2, 0) is 11.2 Å². The van der Waals surface area contributed by atoms with Gasteiger partial charge in [-0.05, 0) is 38.3 Å². The molecule has 3 N–H and O–H groups in total. The molecule has 0 bridgehead atoms. The summed E-state index contributed by atoms with van der Waals surface area (Å²) in [6.45, 7) is 5.26. The van der Waals surface area contributed by atoms with E-state index in [1.165, 1.54) is 0 Å². The molecule has 1 saturated heterocycles. The predicted molar refractivity (Wildman–Crippen MR) is 98.4 cm³/mol. The minimum absolute atomic E-state index is 0.0152. The number of nitrogens with zero attached hydrogens (tertiary/aromatic N) is 1. The van der Waals surface area contributed by atoms with Crippen molar-refractivity contribution in [3.05, 3.63) is 36.0 Å². The lowest BCUT2D eigenvalue weighted by Crippen LogP contribution is -2.50. The summed E-state index contributed by atoms with van der Waals surface area (Å²) in [5.41, 5.74) is 2.07. The Morgan fingerprint density at radius 1 is 1.24 bits per heavy atom. The van der Waals surface area contributed by atoms with Crippen molar-refractivity contribution in [2.45, 2.75) is 45.2 Å². The monoisotopic (exact) mass is 342 g/mol. The number of urea groups is 1. The van der Waals surface area contributed by atoms with Crippen LogP contribution in [0.15, 0.2) is 30.5 Å². The van der Waals surface area contributed by atoms with Crippen LogP contribution in [0, 0.1) is 0 Å². The molecule has 3 rings (SSSR count). The molecule has 1 fully saturated rings. The maximum absolute atomic E-state index is 12.4. The largest absolute Gasteiger partial charge is 0.361 e. The third-order valence-electron chi connectivity index (χ3n) is 4.59. The van der Waals surface area contributed by atoms with Crippen molar-refractivity contribution in [1.82, 2.24) is 20.5 Å². The number of hydrogen-bond acceptors (Lipinski definition) is 2. The van der Waals surface area contributed by atoms with Crippen LogP contribution in [0.2, 0.25) is 0 Å². The Morgan fingerprint density at radius 2 is 1.96 bits per heavy atom. The number of amides is 3. The van der Waals surface area contributed by atoms with Crippen LogP contribution in [0.4, 0.5) is 4.79 Å². The Hall–Kier alpha value is -2.50. The lowest BCUT2D eigenvalue weighted by Gasteiger charge is -2.32. The normalized spacial score (nSPS) is 15.6. The third kappa shape index (κ3) is 4.32. The number of nitrogens with one attached hydrogen (secondary N) is 3. The number of carbonyl (C=O) groups excluding carboxylic acids is 2. The summed E-state index contributed by atoms with van der Waals surface area (Å²) in [5, 5.41) is 7.12. The van der Waals surface area contributed by atoms with Gasteiger partial charge in [-0.3, -0.25) is 4.79 Å². The summed E-state index contributed by atoms with van der Waals surface area (Å²) >= 11 is 0. The molecule has 3 amide bonds. The second-order valence-corrected chi connectivity index (χ2v) is 6.97. The van der Waals surface area contributed by atoms with Gasteiger partial charge in [0, 0.05) is 42.3 Å². The summed E-state index contributed by atoms with van der Waals surface area (Å²) in [5.74, 6) is 0.0369. The number of likely N-dealkylation sites (tertiary alicyclic amines) is 1. The SMILES string of the molecule is CC(C)NC(=O)N1CCC(NC(=O)Cc2c[nH]c3ccccc23)CC1. The highest BCUT2D eigenvalue weighted by molar-refractivity contribution is 5.88. The molecule has 134 valence electrons. The number of hydrogen-bond donors (Lipinski definition) is 3. The van der Waals surface area contributed by atoms with Gasteiger partial charge in [-0.2, -0.15) is 0 Å².